The normalized spacial score (nSPS) is 24.6. The van der Waals surface area contributed by atoms with Crippen molar-refractivity contribution in [1.29, 1.82) is 0 Å². The van der Waals surface area contributed by atoms with Gasteiger partial charge in [0.15, 0.2) is 0 Å². The van der Waals surface area contributed by atoms with Crippen LogP contribution in [0.25, 0.3) is 0 Å². The van der Waals surface area contributed by atoms with E-state index in [1.807, 2.05) is 12.3 Å². The fourth-order valence-electron chi connectivity index (χ4n) is 2.86. The van der Waals surface area contributed by atoms with Gasteiger partial charge in [0.1, 0.15) is 0 Å². The van der Waals surface area contributed by atoms with E-state index in [1.54, 1.807) is 6.20 Å². The van der Waals surface area contributed by atoms with Crippen LogP contribution in [0, 0.1) is 5.92 Å². The SMILES string of the molecule is Clc1cnccc1CN1CCCC(CNC2CC2)C1. The van der Waals surface area contributed by atoms with Crippen molar-refractivity contribution in [3.63, 3.8) is 0 Å². The first-order valence-electron chi connectivity index (χ1n) is 7.35. The molecule has 1 saturated heterocycles. The highest BCUT2D eigenvalue weighted by Gasteiger charge is 2.24. The van der Waals surface area contributed by atoms with Crippen LogP contribution < -0.4 is 5.32 Å². The maximum Gasteiger partial charge on any atom is 0.0634 e. The lowest BCUT2D eigenvalue weighted by Crippen LogP contribution is -2.39. The van der Waals surface area contributed by atoms with Crippen molar-refractivity contribution in [3.8, 4) is 0 Å². The molecule has 1 saturated carbocycles. The fourth-order valence-corrected chi connectivity index (χ4v) is 3.03. The molecule has 1 N–H and O–H groups in total. The number of hydrogen-bond acceptors (Lipinski definition) is 3. The largest absolute Gasteiger partial charge is 0.314 e. The quantitative estimate of drug-likeness (QED) is 0.898. The monoisotopic (exact) mass is 279 g/mol. The first-order chi connectivity index (χ1) is 9.31. The van der Waals surface area contributed by atoms with E-state index in [0.29, 0.717) is 0 Å². The summed E-state index contributed by atoms with van der Waals surface area (Å²) in [6.45, 7) is 4.53. The molecule has 1 atom stereocenters. The smallest absolute Gasteiger partial charge is 0.0634 e. The fraction of sp³-hybridized carbons (Fsp3) is 0.667. The Balaban J connectivity index is 1.51. The van der Waals surface area contributed by atoms with Gasteiger partial charge in [-0.05, 0) is 56.3 Å². The average Bonchev–Trinajstić information content (AvgIpc) is 3.24. The van der Waals surface area contributed by atoms with Crippen LogP contribution in [-0.2, 0) is 6.54 Å². The minimum Gasteiger partial charge on any atom is -0.314 e. The summed E-state index contributed by atoms with van der Waals surface area (Å²) in [6.07, 6.45) is 9.00. The summed E-state index contributed by atoms with van der Waals surface area (Å²) < 4.78 is 0. The lowest BCUT2D eigenvalue weighted by Gasteiger charge is -2.33. The zero-order chi connectivity index (χ0) is 13.1. The molecule has 3 nitrogen and oxygen atoms in total. The highest BCUT2D eigenvalue weighted by molar-refractivity contribution is 6.31. The molecule has 1 aromatic rings. The Hall–Kier alpha value is -0.640. The van der Waals surface area contributed by atoms with Crippen LogP contribution >= 0.6 is 11.6 Å². The molecule has 19 heavy (non-hydrogen) atoms. The van der Waals surface area contributed by atoms with E-state index in [2.05, 4.69) is 15.2 Å². The lowest BCUT2D eigenvalue weighted by atomic mass is 9.97. The second-order valence-electron chi connectivity index (χ2n) is 5.89. The maximum absolute atomic E-state index is 6.19. The van der Waals surface area contributed by atoms with Crippen LogP contribution in [0.5, 0.6) is 0 Å². The van der Waals surface area contributed by atoms with Gasteiger partial charge < -0.3 is 5.32 Å². The van der Waals surface area contributed by atoms with Gasteiger partial charge >= 0.3 is 0 Å². The topological polar surface area (TPSA) is 28.2 Å². The first kappa shape index (κ1) is 13.3. The van der Waals surface area contributed by atoms with Crippen LogP contribution in [-0.4, -0.2) is 35.6 Å². The number of halogens is 1. The van der Waals surface area contributed by atoms with Crippen molar-refractivity contribution in [2.45, 2.75) is 38.3 Å². The Labute approximate surface area is 120 Å². The molecule has 2 heterocycles. The van der Waals surface area contributed by atoms with E-state index in [9.17, 15) is 0 Å². The third-order valence-corrected chi connectivity index (χ3v) is 4.47. The van der Waals surface area contributed by atoms with Crippen molar-refractivity contribution in [2.24, 2.45) is 5.92 Å². The van der Waals surface area contributed by atoms with Gasteiger partial charge in [0, 0.05) is 31.5 Å². The van der Waals surface area contributed by atoms with E-state index >= 15 is 0 Å². The molecule has 0 amide bonds. The van der Waals surface area contributed by atoms with Gasteiger partial charge in [-0.15, -0.1) is 0 Å². The molecule has 0 bridgehead atoms. The minimum absolute atomic E-state index is 0.792. The summed E-state index contributed by atoms with van der Waals surface area (Å²) in [5.74, 6) is 0.801. The summed E-state index contributed by atoms with van der Waals surface area (Å²) in [4.78, 5) is 6.58. The van der Waals surface area contributed by atoms with Crippen molar-refractivity contribution in [3.05, 3.63) is 29.0 Å². The first-order valence-corrected chi connectivity index (χ1v) is 7.73. The van der Waals surface area contributed by atoms with Crippen LogP contribution in [0.3, 0.4) is 0 Å². The number of rotatable bonds is 5. The molecular weight excluding hydrogens is 258 g/mol. The molecule has 1 aliphatic carbocycles. The Kier molecular flexibility index (Phi) is 4.36. The van der Waals surface area contributed by atoms with Crippen LogP contribution in [0.1, 0.15) is 31.2 Å². The van der Waals surface area contributed by atoms with E-state index in [-0.39, 0.29) is 0 Å². The van der Waals surface area contributed by atoms with E-state index in [4.69, 9.17) is 11.6 Å². The number of aromatic nitrogens is 1. The zero-order valence-electron chi connectivity index (χ0n) is 11.3. The maximum atomic E-state index is 6.19. The van der Waals surface area contributed by atoms with Crippen LogP contribution in [0.4, 0.5) is 0 Å². The van der Waals surface area contributed by atoms with Gasteiger partial charge in [0.05, 0.1) is 5.02 Å². The molecule has 3 rings (SSSR count). The molecule has 0 aromatic carbocycles. The Morgan fingerprint density at radius 3 is 3.05 bits per heavy atom. The molecule has 2 fully saturated rings. The van der Waals surface area contributed by atoms with Crippen molar-refractivity contribution < 1.29 is 0 Å². The molecule has 4 heteroatoms. The second kappa shape index (κ2) is 6.21. The molecule has 0 spiro atoms. The number of likely N-dealkylation sites (tertiary alicyclic amines) is 1. The number of hydrogen-bond donors (Lipinski definition) is 1. The van der Waals surface area contributed by atoms with Gasteiger partial charge in [-0.2, -0.15) is 0 Å². The Morgan fingerprint density at radius 2 is 2.26 bits per heavy atom. The van der Waals surface area contributed by atoms with Crippen LogP contribution in [0.15, 0.2) is 18.5 Å². The highest BCUT2D eigenvalue weighted by atomic mass is 35.5. The lowest BCUT2D eigenvalue weighted by molar-refractivity contribution is 0.165. The van der Waals surface area contributed by atoms with Gasteiger partial charge in [0.2, 0.25) is 0 Å². The molecule has 2 aliphatic rings. The molecule has 0 radical (unpaired) electrons. The summed E-state index contributed by atoms with van der Waals surface area (Å²) in [5.41, 5.74) is 1.20. The van der Waals surface area contributed by atoms with Crippen LogP contribution in [0.2, 0.25) is 5.02 Å². The Bertz CT molecular complexity index is 420. The van der Waals surface area contributed by atoms with E-state index in [1.165, 1.54) is 50.9 Å². The summed E-state index contributed by atoms with van der Waals surface area (Å²) in [7, 11) is 0. The third kappa shape index (κ3) is 3.91. The minimum atomic E-state index is 0.792. The van der Waals surface area contributed by atoms with E-state index < -0.39 is 0 Å². The third-order valence-electron chi connectivity index (χ3n) is 4.13. The number of nitrogens with zero attached hydrogens (tertiary/aromatic N) is 2. The number of pyridine rings is 1. The Morgan fingerprint density at radius 1 is 1.37 bits per heavy atom. The van der Waals surface area contributed by atoms with Gasteiger partial charge in [0.25, 0.3) is 0 Å². The van der Waals surface area contributed by atoms with Crippen molar-refractivity contribution in [1.82, 2.24) is 15.2 Å². The summed E-state index contributed by atoms with van der Waals surface area (Å²) in [6, 6.07) is 2.86. The number of nitrogens with one attached hydrogen (secondary N) is 1. The standard InChI is InChI=1S/C15H22ClN3/c16-15-9-17-6-5-13(15)11-19-7-1-2-12(10-19)8-18-14-3-4-14/h5-6,9,12,14,18H,1-4,7-8,10-11H2. The molecule has 104 valence electrons. The zero-order valence-corrected chi connectivity index (χ0v) is 12.1. The molecular formula is C15H22ClN3. The molecule has 1 unspecified atom stereocenters. The predicted molar refractivity (Wildman–Crippen MR) is 78.3 cm³/mol. The van der Waals surface area contributed by atoms with E-state index in [0.717, 1.165) is 23.5 Å². The summed E-state index contributed by atoms with van der Waals surface area (Å²) in [5, 5.41) is 4.45. The van der Waals surface area contributed by atoms with Crippen molar-refractivity contribution >= 4 is 11.6 Å². The number of piperidine rings is 1. The highest BCUT2D eigenvalue weighted by Crippen LogP contribution is 2.23. The molecule has 1 aliphatic heterocycles. The van der Waals surface area contributed by atoms with Gasteiger partial charge in [-0.3, -0.25) is 9.88 Å². The van der Waals surface area contributed by atoms with Gasteiger partial charge in [-0.1, -0.05) is 11.6 Å². The van der Waals surface area contributed by atoms with Gasteiger partial charge in [-0.25, -0.2) is 0 Å². The predicted octanol–water partition coefficient (Wildman–Crippen LogP) is 2.70. The van der Waals surface area contributed by atoms with Crippen molar-refractivity contribution in [2.75, 3.05) is 19.6 Å². The second-order valence-corrected chi connectivity index (χ2v) is 6.30. The average molecular weight is 280 g/mol. The molecule has 1 aromatic heterocycles. The summed E-state index contributed by atoms with van der Waals surface area (Å²) >= 11 is 6.19.